The molecule has 0 radical (unpaired) electrons. The van der Waals surface area contributed by atoms with Crippen LogP contribution in [0.25, 0.3) is 0 Å². The van der Waals surface area contributed by atoms with Crippen LogP contribution in [-0.2, 0) is 9.05 Å². The van der Waals surface area contributed by atoms with Crippen LogP contribution in [0.1, 0.15) is 29.7 Å². The van der Waals surface area contributed by atoms with Crippen molar-refractivity contribution in [2.24, 2.45) is 11.8 Å². The molecule has 100 valence electrons. The van der Waals surface area contributed by atoms with Gasteiger partial charge >= 0.3 is 0 Å². The van der Waals surface area contributed by atoms with Gasteiger partial charge in [0, 0.05) is 23.3 Å². The van der Waals surface area contributed by atoms with Crippen LogP contribution in [0.3, 0.4) is 0 Å². The molecular formula is C11H14ClNO4S. The van der Waals surface area contributed by atoms with E-state index in [-0.39, 0.29) is 16.4 Å². The monoisotopic (exact) mass is 291 g/mol. The average Bonchev–Trinajstić information content (AvgIpc) is 2.78. The van der Waals surface area contributed by atoms with Gasteiger partial charge in [-0.25, -0.2) is 8.42 Å². The molecule has 1 aromatic heterocycles. The number of hydrogen-bond donors (Lipinski definition) is 1. The van der Waals surface area contributed by atoms with Crippen molar-refractivity contribution >= 4 is 25.6 Å². The largest absolute Gasteiger partial charge is 0.455 e. The topological polar surface area (TPSA) is 76.4 Å². The second-order valence-corrected chi connectivity index (χ2v) is 7.19. The SMILES string of the molecule is Cc1oc(C(=O)NCC2CC2C)cc1S(=O)(=O)Cl. The van der Waals surface area contributed by atoms with E-state index in [1.165, 1.54) is 6.92 Å². The Balaban J connectivity index is 2.07. The molecule has 0 aliphatic heterocycles. The summed E-state index contributed by atoms with van der Waals surface area (Å²) in [6.07, 6.45) is 1.11. The van der Waals surface area contributed by atoms with E-state index in [0.717, 1.165) is 12.5 Å². The summed E-state index contributed by atoms with van der Waals surface area (Å²) in [4.78, 5) is 11.6. The number of halogens is 1. The van der Waals surface area contributed by atoms with Gasteiger partial charge in [0.15, 0.2) is 5.76 Å². The van der Waals surface area contributed by atoms with Crippen LogP contribution < -0.4 is 5.32 Å². The van der Waals surface area contributed by atoms with Crippen LogP contribution in [-0.4, -0.2) is 20.9 Å². The first-order chi connectivity index (χ1) is 8.29. The fraction of sp³-hybridized carbons (Fsp3) is 0.545. The predicted molar refractivity (Wildman–Crippen MR) is 66.1 cm³/mol. The van der Waals surface area contributed by atoms with Crippen molar-refractivity contribution in [3.05, 3.63) is 17.6 Å². The molecule has 7 heteroatoms. The first kappa shape index (κ1) is 13.4. The van der Waals surface area contributed by atoms with Gasteiger partial charge in [-0.3, -0.25) is 4.79 Å². The van der Waals surface area contributed by atoms with E-state index in [2.05, 4.69) is 12.2 Å². The lowest BCUT2D eigenvalue weighted by molar-refractivity contribution is 0.0922. The number of carbonyl (C=O) groups is 1. The van der Waals surface area contributed by atoms with Crippen LogP contribution in [0.4, 0.5) is 0 Å². The molecule has 0 bridgehead atoms. The van der Waals surface area contributed by atoms with E-state index in [0.29, 0.717) is 18.4 Å². The average molecular weight is 292 g/mol. The Morgan fingerprint density at radius 3 is 2.67 bits per heavy atom. The van der Waals surface area contributed by atoms with Crippen LogP contribution in [0, 0.1) is 18.8 Å². The van der Waals surface area contributed by atoms with Crippen molar-refractivity contribution in [3.8, 4) is 0 Å². The van der Waals surface area contributed by atoms with Crippen LogP contribution in [0.5, 0.6) is 0 Å². The predicted octanol–water partition coefficient (Wildman–Crippen LogP) is 1.90. The summed E-state index contributed by atoms with van der Waals surface area (Å²) in [6, 6.07) is 1.16. The molecule has 0 saturated heterocycles. The fourth-order valence-corrected chi connectivity index (χ4v) is 2.91. The van der Waals surface area contributed by atoms with Gasteiger partial charge in [-0.15, -0.1) is 0 Å². The van der Waals surface area contributed by atoms with Gasteiger partial charge < -0.3 is 9.73 Å². The van der Waals surface area contributed by atoms with Gasteiger partial charge in [0.1, 0.15) is 10.7 Å². The molecular weight excluding hydrogens is 278 g/mol. The van der Waals surface area contributed by atoms with Crippen LogP contribution in [0.15, 0.2) is 15.4 Å². The molecule has 1 aliphatic rings. The van der Waals surface area contributed by atoms with Crippen molar-refractivity contribution in [1.82, 2.24) is 5.32 Å². The van der Waals surface area contributed by atoms with E-state index >= 15 is 0 Å². The minimum absolute atomic E-state index is 0.0278. The highest BCUT2D eigenvalue weighted by Gasteiger charge is 2.33. The molecule has 2 atom stereocenters. The standard InChI is InChI=1S/C11H14ClNO4S/c1-6-3-8(6)5-13-11(14)9-4-10(7(2)17-9)18(12,15)16/h4,6,8H,3,5H2,1-2H3,(H,13,14). The van der Waals surface area contributed by atoms with E-state index in [9.17, 15) is 13.2 Å². The third kappa shape index (κ3) is 2.87. The smallest absolute Gasteiger partial charge is 0.287 e. The summed E-state index contributed by atoms with van der Waals surface area (Å²) < 4.78 is 27.5. The first-order valence-electron chi connectivity index (χ1n) is 5.62. The molecule has 2 unspecified atom stereocenters. The Bertz CT molecular complexity index is 578. The zero-order chi connectivity index (χ0) is 13.5. The molecule has 1 heterocycles. The maximum Gasteiger partial charge on any atom is 0.287 e. The molecule has 1 saturated carbocycles. The molecule has 18 heavy (non-hydrogen) atoms. The van der Waals surface area contributed by atoms with Crippen molar-refractivity contribution in [2.75, 3.05) is 6.54 Å². The Kier molecular flexibility index (Phi) is 3.42. The Hall–Kier alpha value is -1.01. The number of furan rings is 1. The highest BCUT2D eigenvalue weighted by Crippen LogP contribution is 2.36. The van der Waals surface area contributed by atoms with Crippen molar-refractivity contribution < 1.29 is 17.6 Å². The molecule has 2 rings (SSSR count). The van der Waals surface area contributed by atoms with E-state index in [1.807, 2.05) is 0 Å². The summed E-state index contributed by atoms with van der Waals surface area (Å²) in [5.74, 6) is 0.836. The van der Waals surface area contributed by atoms with Crippen molar-refractivity contribution in [1.29, 1.82) is 0 Å². The lowest BCUT2D eigenvalue weighted by atomic mass is 10.3. The fourth-order valence-electron chi connectivity index (χ4n) is 1.81. The summed E-state index contributed by atoms with van der Waals surface area (Å²) in [5.41, 5.74) is 0. The zero-order valence-corrected chi connectivity index (χ0v) is 11.6. The van der Waals surface area contributed by atoms with Gasteiger partial charge in [0.25, 0.3) is 15.0 Å². The molecule has 0 aromatic carbocycles. The Labute approximate surface area is 110 Å². The maximum atomic E-state index is 11.7. The first-order valence-corrected chi connectivity index (χ1v) is 7.93. The van der Waals surface area contributed by atoms with E-state index in [4.69, 9.17) is 15.1 Å². The molecule has 5 nitrogen and oxygen atoms in total. The van der Waals surface area contributed by atoms with E-state index < -0.39 is 15.0 Å². The van der Waals surface area contributed by atoms with Gasteiger partial charge in [0.05, 0.1) is 0 Å². The van der Waals surface area contributed by atoms with Gasteiger partial charge in [-0.2, -0.15) is 0 Å². The Morgan fingerprint density at radius 2 is 2.22 bits per heavy atom. The van der Waals surface area contributed by atoms with Crippen molar-refractivity contribution in [2.45, 2.75) is 25.2 Å². The summed E-state index contributed by atoms with van der Waals surface area (Å²) in [6.45, 7) is 4.16. The van der Waals surface area contributed by atoms with Crippen LogP contribution in [0.2, 0.25) is 0 Å². The van der Waals surface area contributed by atoms with Gasteiger partial charge in [0.2, 0.25) is 0 Å². The summed E-state index contributed by atoms with van der Waals surface area (Å²) in [5, 5.41) is 2.71. The second kappa shape index (κ2) is 4.59. The number of amides is 1. The number of hydrogen-bond acceptors (Lipinski definition) is 4. The highest BCUT2D eigenvalue weighted by atomic mass is 35.7. The number of aryl methyl sites for hydroxylation is 1. The lowest BCUT2D eigenvalue weighted by Crippen LogP contribution is -2.25. The minimum Gasteiger partial charge on any atom is -0.455 e. The van der Waals surface area contributed by atoms with E-state index in [1.54, 1.807) is 0 Å². The molecule has 1 N–H and O–H groups in total. The van der Waals surface area contributed by atoms with Gasteiger partial charge in [-0.1, -0.05) is 6.92 Å². The third-order valence-electron chi connectivity index (χ3n) is 3.16. The molecule has 1 aliphatic carbocycles. The maximum absolute atomic E-state index is 11.7. The number of nitrogens with one attached hydrogen (secondary N) is 1. The zero-order valence-electron chi connectivity index (χ0n) is 10.1. The molecule has 1 aromatic rings. The molecule has 1 amide bonds. The minimum atomic E-state index is -3.88. The van der Waals surface area contributed by atoms with Gasteiger partial charge in [-0.05, 0) is 25.2 Å². The summed E-state index contributed by atoms with van der Waals surface area (Å²) >= 11 is 0. The Morgan fingerprint density at radius 1 is 1.61 bits per heavy atom. The van der Waals surface area contributed by atoms with Crippen molar-refractivity contribution in [3.63, 3.8) is 0 Å². The second-order valence-electron chi connectivity index (χ2n) is 4.65. The normalized spacial score (nSPS) is 22.8. The number of carbonyl (C=O) groups excluding carboxylic acids is 1. The highest BCUT2D eigenvalue weighted by molar-refractivity contribution is 8.13. The third-order valence-corrected chi connectivity index (χ3v) is 4.59. The summed E-state index contributed by atoms with van der Waals surface area (Å²) in [7, 11) is 1.34. The quantitative estimate of drug-likeness (QED) is 0.860. The van der Waals surface area contributed by atoms with Crippen LogP contribution >= 0.6 is 10.7 Å². The molecule has 1 fully saturated rings. The number of rotatable bonds is 4. The lowest BCUT2D eigenvalue weighted by Gasteiger charge is -2.00. The molecule has 0 spiro atoms.